The van der Waals surface area contributed by atoms with Crippen LogP contribution in [0, 0.1) is 15.9 Å². The van der Waals surface area contributed by atoms with E-state index in [-0.39, 0.29) is 0 Å². The zero-order valence-corrected chi connectivity index (χ0v) is 12.7. The van der Waals surface area contributed by atoms with Gasteiger partial charge in [0.15, 0.2) is 0 Å². The van der Waals surface area contributed by atoms with Crippen LogP contribution < -0.4 is 10.1 Å². The van der Waals surface area contributed by atoms with Gasteiger partial charge in [-0.25, -0.2) is 0 Å². The van der Waals surface area contributed by atoms with Crippen molar-refractivity contribution in [1.82, 2.24) is 0 Å². The zero-order chi connectivity index (χ0) is 15.4. The van der Waals surface area contributed by atoms with Gasteiger partial charge < -0.3 is 10.1 Å². The summed E-state index contributed by atoms with van der Waals surface area (Å²) in [7, 11) is 1.56. The second kappa shape index (κ2) is 6.53. The summed E-state index contributed by atoms with van der Waals surface area (Å²) in [4.78, 5) is 9.82. The molecule has 0 spiro atoms. The van der Waals surface area contributed by atoms with E-state index in [1.54, 1.807) is 13.2 Å². The third kappa shape index (κ3) is 3.69. The molecule has 2 aromatic rings. The van der Waals surface area contributed by atoms with Gasteiger partial charge in [0.25, 0.3) is 0 Å². The Balaban J connectivity index is 2.15. The second-order valence-electron chi connectivity index (χ2n) is 4.24. The molecule has 7 heteroatoms. The summed E-state index contributed by atoms with van der Waals surface area (Å²) in [6, 6.07) is 9.29. The smallest absolute Gasteiger partial charge is 0.304 e. The van der Waals surface area contributed by atoms with Gasteiger partial charge in [0.05, 0.1) is 17.7 Å². The van der Waals surface area contributed by atoms with Gasteiger partial charge in [-0.15, -0.1) is 0 Å². The first-order valence-corrected chi connectivity index (χ1v) is 6.81. The molecule has 0 amide bonds. The fraction of sp³-hybridized carbons (Fsp3) is 0.143. The highest BCUT2D eigenvalue weighted by atomic mass is 79.9. The van der Waals surface area contributed by atoms with Crippen LogP contribution in [0.3, 0.4) is 0 Å². The van der Waals surface area contributed by atoms with Crippen molar-refractivity contribution in [2.45, 2.75) is 6.54 Å². The molecule has 0 heterocycles. The highest BCUT2D eigenvalue weighted by Gasteiger charge is 2.13. The van der Waals surface area contributed by atoms with Crippen molar-refractivity contribution >= 4 is 27.3 Å². The molecule has 5 nitrogen and oxygen atoms in total. The summed E-state index contributed by atoms with van der Waals surface area (Å²) in [5.41, 5.74) is 0.810. The van der Waals surface area contributed by atoms with Gasteiger partial charge in [-0.05, 0) is 29.8 Å². The van der Waals surface area contributed by atoms with E-state index < -0.39 is 16.4 Å². The molecule has 0 bridgehead atoms. The Hall–Kier alpha value is -2.15. The number of ether oxygens (including phenoxy) is 1. The molecule has 2 aromatic carbocycles. The van der Waals surface area contributed by atoms with Crippen molar-refractivity contribution in [3.05, 3.63) is 62.4 Å². The molecule has 0 radical (unpaired) electrons. The lowest BCUT2D eigenvalue weighted by molar-refractivity contribution is -0.387. The van der Waals surface area contributed by atoms with Crippen molar-refractivity contribution in [3.63, 3.8) is 0 Å². The van der Waals surface area contributed by atoms with Crippen LogP contribution in [0.1, 0.15) is 5.56 Å². The Labute approximate surface area is 129 Å². The highest BCUT2D eigenvalue weighted by molar-refractivity contribution is 9.10. The molecule has 21 heavy (non-hydrogen) atoms. The van der Waals surface area contributed by atoms with Crippen molar-refractivity contribution in [3.8, 4) is 5.75 Å². The summed E-state index contributed by atoms with van der Waals surface area (Å²) < 4.78 is 19.6. The van der Waals surface area contributed by atoms with E-state index in [0.717, 1.165) is 22.3 Å². The van der Waals surface area contributed by atoms with E-state index in [4.69, 9.17) is 4.74 Å². The Morgan fingerprint density at radius 1 is 1.33 bits per heavy atom. The van der Waals surface area contributed by atoms with E-state index in [2.05, 4.69) is 21.2 Å². The van der Waals surface area contributed by atoms with Gasteiger partial charge in [-0.1, -0.05) is 22.0 Å². The predicted octanol–water partition coefficient (Wildman–Crippen LogP) is 4.12. The third-order valence-electron chi connectivity index (χ3n) is 2.85. The fourth-order valence-corrected chi connectivity index (χ4v) is 2.19. The van der Waals surface area contributed by atoms with E-state index >= 15 is 0 Å². The molecular weight excluding hydrogens is 343 g/mol. The zero-order valence-electron chi connectivity index (χ0n) is 11.1. The molecule has 1 N–H and O–H groups in total. The maximum absolute atomic E-state index is 13.5. The van der Waals surface area contributed by atoms with Crippen molar-refractivity contribution in [1.29, 1.82) is 0 Å². The van der Waals surface area contributed by atoms with Crippen LogP contribution in [0.15, 0.2) is 40.9 Å². The van der Waals surface area contributed by atoms with Gasteiger partial charge in [0, 0.05) is 17.1 Å². The Bertz CT molecular complexity index is 679. The van der Waals surface area contributed by atoms with Crippen LogP contribution in [0.5, 0.6) is 5.75 Å². The topological polar surface area (TPSA) is 64.4 Å². The predicted molar refractivity (Wildman–Crippen MR) is 81.1 cm³/mol. The van der Waals surface area contributed by atoms with E-state index in [0.29, 0.717) is 17.9 Å². The van der Waals surface area contributed by atoms with Crippen LogP contribution in [0.4, 0.5) is 15.8 Å². The van der Waals surface area contributed by atoms with Crippen LogP contribution in [0.2, 0.25) is 0 Å². The maximum atomic E-state index is 13.5. The standard InChI is InChI=1S/C14H12BrFN2O3/c1-21-14-5-3-10(15)7-12(14)17-8-9-2-4-13(18(19)20)11(16)6-9/h2-7,17H,8H2,1H3. The van der Waals surface area contributed by atoms with E-state index in [9.17, 15) is 14.5 Å². The molecule has 0 aliphatic heterocycles. The van der Waals surface area contributed by atoms with E-state index in [1.165, 1.54) is 6.07 Å². The Morgan fingerprint density at radius 2 is 2.10 bits per heavy atom. The monoisotopic (exact) mass is 354 g/mol. The number of anilines is 1. The van der Waals surface area contributed by atoms with Gasteiger partial charge in [-0.3, -0.25) is 10.1 Å². The highest BCUT2D eigenvalue weighted by Crippen LogP contribution is 2.28. The molecule has 0 aliphatic rings. The van der Waals surface area contributed by atoms with Crippen LogP contribution in [0.25, 0.3) is 0 Å². The number of methoxy groups -OCH3 is 1. The molecule has 110 valence electrons. The minimum atomic E-state index is -0.847. The molecule has 0 atom stereocenters. The molecule has 0 saturated heterocycles. The molecule has 0 fully saturated rings. The van der Waals surface area contributed by atoms with Crippen LogP contribution >= 0.6 is 15.9 Å². The Morgan fingerprint density at radius 3 is 2.71 bits per heavy atom. The minimum absolute atomic E-state index is 0.321. The molecule has 0 saturated carbocycles. The molecule has 0 aromatic heterocycles. The summed E-state index contributed by atoms with van der Waals surface area (Å²) in [5.74, 6) is -0.193. The minimum Gasteiger partial charge on any atom is -0.495 e. The number of benzene rings is 2. The normalized spacial score (nSPS) is 10.2. The van der Waals surface area contributed by atoms with Gasteiger partial charge >= 0.3 is 5.69 Å². The van der Waals surface area contributed by atoms with Crippen molar-refractivity contribution in [2.75, 3.05) is 12.4 Å². The van der Waals surface area contributed by atoms with Gasteiger partial charge in [0.1, 0.15) is 5.75 Å². The first-order valence-electron chi connectivity index (χ1n) is 6.01. The number of nitro benzene ring substituents is 1. The summed E-state index contributed by atoms with van der Waals surface area (Å²) in [6.07, 6.45) is 0. The summed E-state index contributed by atoms with van der Waals surface area (Å²) in [6.45, 7) is 0.321. The lowest BCUT2D eigenvalue weighted by Crippen LogP contribution is -2.02. The number of hydrogen-bond acceptors (Lipinski definition) is 4. The Kier molecular flexibility index (Phi) is 4.74. The summed E-state index contributed by atoms with van der Waals surface area (Å²) in [5, 5.41) is 13.7. The van der Waals surface area contributed by atoms with Crippen molar-refractivity contribution < 1.29 is 14.1 Å². The number of nitrogens with one attached hydrogen (secondary N) is 1. The number of nitrogens with zero attached hydrogens (tertiary/aromatic N) is 1. The largest absolute Gasteiger partial charge is 0.495 e. The molecule has 0 unspecified atom stereocenters. The number of halogens is 2. The lowest BCUT2D eigenvalue weighted by Gasteiger charge is -2.11. The lowest BCUT2D eigenvalue weighted by atomic mass is 10.2. The quantitative estimate of drug-likeness (QED) is 0.647. The maximum Gasteiger partial charge on any atom is 0.304 e. The summed E-state index contributed by atoms with van der Waals surface area (Å²) >= 11 is 3.36. The SMILES string of the molecule is COc1ccc(Br)cc1NCc1ccc([N+](=O)[O-])c(F)c1. The first-order chi connectivity index (χ1) is 10.0. The average Bonchev–Trinajstić information content (AvgIpc) is 2.45. The molecule has 2 rings (SSSR count). The van der Waals surface area contributed by atoms with Gasteiger partial charge in [0.2, 0.25) is 5.82 Å². The van der Waals surface area contributed by atoms with E-state index in [1.807, 2.05) is 12.1 Å². The van der Waals surface area contributed by atoms with Gasteiger partial charge in [-0.2, -0.15) is 4.39 Å². The van der Waals surface area contributed by atoms with Crippen LogP contribution in [-0.2, 0) is 6.54 Å². The molecular formula is C14H12BrFN2O3. The van der Waals surface area contributed by atoms with Crippen molar-refractivity contribution in [2.24, 2.45) is 0 Å². The number of rotatable bonds is 5. The fourth-order valence-electron chi connectivity index (χ4n) is 1.82. The van der Waals surface area contributed by atoms with Crippen LogP contribution in [-0.4, -0.2) is 12.0 Å². The third-order valence-corrected chi connectivity index (χ3v) is 3.35. The first kappa shape index (κ1) is 15.2. The second-order valence-corrected chi connectivity index (χ2v) is 5.16. The average molecular weight is 355 g/mol. The molecule has 0 aliphatic carbocycles. The number of hydrogen-bond donors (Lipinski definition) is 1. The number of nitro groups is 1.